The molecule has 15 heavy (non-hydrogen) atoms. The number of amides is 1. The van der Waals surface area contributed by atoms with Crippen LogP contribution in [0.4, 0.5) is 5.69 Å². The molecule has 0 unspecified atom stereocenters. The molecular weight excluding hydrogens is 196 g/mol. The quantitative estimate of drug-likeness (QED) is 0.752. The number of carbonyl (C=O) groups excluding carboxylic acids is 1. The van der Waals surface area contributed by atoms with Crippen LogP contribution in [0.25, 0.3) is 0 Å². The number of nitrogens with one attached hydrogen (secondary N) is 1. The third-order valence-corrected chi connectivity index (χ3v) is 2.01. The van der Waals surface area contributed by atoms with Crippen molar-refractivity contribution in [3.8, 4) is 11.5 Å². The van der Waals surface area contributed by atoms with Gasteiger partial charge in [0.05, 0.1) is 6.54 Å². The largest absolute Gasteiger partial charge is 0.486 e. The molecule has 0 aliphatic carbocycles. The Kier molecular flexibility index (Phi) is 2.62. The maximum Gasteiger partial charge on any atom is 0.236 e. The molecule has 5 heteroatoms. The van der Waals surface area contributed by atoms with Crippen molar-refractivity contribution in [3.63, 3.8) is 0 Å². The lowest BCUT2D eigenvalue weighted by Gasteiger charge is -2.19. The normalized spacial score (nSPS) is 13.3. The van der Waals surface area contributed by atoms with Crippen LogP contribution >= 0.6 is 0 Å². The van der Waals surface area contributed by atoms with Crippen molar-refractivity contribution in [1.29, 1.82) is 0 Å². The SMILES string of the molecule is NC(=O)CNc1ccc2c(c1)OCCO2. The first-order chi connectivity index (χ1) is 7.25. The second-order valence-corrected chi connectivity index (χ2v) is 3.18. The summed E-state index contributed by atoms with van der Waals surface area (Å²) in [7, 11) is 0. The molecule has 0 saturated heterocycles. The van der Waals surface area contributed by atoms with Crippen LogP contribution in [0.5, 0.6) is 11.5 Å². The average molecular weight is 208 g/mol. The van der Waals surface area contributed by atoms with Crippen LogP contribution in [-0.2, 0) is 4.79 Å². The van der Waals surface area contributed by atoms with Crippen molar-refractivity contribution >= 4 is 11.6 Å². The molecule has 1 aliphatic rings. The fourth-order valence-corrected chi connectivity index (χ4v) is 1.34. The number of hydrogen-bond donors (Lipinski definition) is 2. The summed E-state index contributed by atoms with van der Waals surface area (Å²) in [6, 6.07) is 5.41. The van der Waals surface area contributed by atoms with Gasteiger partial charge in [0.15, 0.2) is 11.5 Å². The minimum atomic E-state index is -0.398. The van der Waals surface area contributed by atoms with E-state index in [1.807, 2.05) is 6.07 Å². The highest BCUT2D eigenvalue weighted by Gasteiger charge is 2.11. The zero-order valence-corrected chi connectivity index (χ0v) is 8.16. The average Bonchev–Trinajstić information content (AvgIpc) is 2.26. The molecule has 0 saturated carbocycles. The van der Waals surface area contributed by atoms with E-state index < -0.39 is 5.91 Å². The van der Waals surface area contributed by atoms with Crippen molar-refractivity contribution in [2.45, 2.75) is 0 Å². The smallest absolute Gasteiger partial charge is 0.236 e. The topological polar surface area (TPSA) is 73.6 Å². The number of fused-ring (bicyclic) bond motifs is 1. The fourth-order valence-electron chi connectivity index (χ4n) is 1.34. The summed E-state index contributed by atoms with van der Waals surface area (Å²) < 4.78 is 10.7. The lowest BCUT2D eigenvalue weighted by Crippen LogP contribution is -2.22. The molecule has 0 aromatic heterocycles. The molecule has 2 rings (SSSR count). The molecule has 1 aromatic carbocycles. The number of anilines is 1. The van der Waals surface area contributed by atoms with Gasteiger partial charge in [0.1, 0.15) is 13.2 Å². The Morgan fingerprint density at radius 3 is 2.80 bits per heavy atom. The highest BCUT2D eigenvalue weighted by atomic mass is 16.6. The summed E-state index contributed by atoms with van der Waals surface area (Å²) in [5, 5.41) is 2.88. The van der Waals surface area contributed by atoms with E-state index in [4.69, 9.17) is 15.2 Å². The number of primary amides is 1. The molecular formula is C10H12N2O3. The van der Waals surface area contributed by atoms with Gasteiger partial charge in [-0.15, -0.1) is 0 Å². The zero-order valence-electron chi connectivity index (χ0n) is 8.16. The molecule has 1 aromatic rings. The van der Waals surface area contributed by atoms with Gasteiger partial charge in [0.25, 0.3) is 0 Å². The van der Waals surface area contributed by atoms with Gasteiger partial charge in [-0.3, -0.25) is 4.79 Å². The van der Waals surface area contributed by atoms with Gasteiger partial charge in [-0.1, -0.05) is 0 Å². The van der Waals surface area contributed by atoms with Crippen LogP contribution in [0.3, 0.4) is 0 Å². The predicted molar refractivity (Wildman–Crippen MR) is 55.1 cm³/mol. The number of hydrogen-bond acceptors (Lipinski definition) is 4. The summed E-state index contributed by atoms with van der Waals surface area (Å²) in [5.74, 6) is 1.02. The maximum atomic E-state index is 10.6. The van der Waals surface area contributed by atoms with Crippen molar-refractivity contribution in [2.75, 3.05) is 25.1 Å². The number of rotatable bonds is 3. The van der Waals surface area contributed by atoms with Gasteiger partial charge in [-0.2, -0.15) is 0 Å². The van der Waals surface area contributed by atoms with E-state index in [9.17, 15) is 4.79 Å². The van der Waals surface area contributed by atoms with Crippen LogP contribution in [0.15, 0.2) is 18.2 Å². The van der Waals surface area contributed by atoms with Gasteiger partial charge in [-0.25, -0.2) is 0 Å². The van der Waals surface area contributed by atoms with E-state index in [-0.39, 0.29) is 6.54 Å². The molecule has 0 radical (unpaired) electrons. The van der Waals surface area contributed by atoms with Crippen LogP contribution in [0.1, 0.15) is 0 Å². The molecule has 1 aliphatic heterocycles. The monoisotopic (exact) mass is 208 g/mol. The Hall–Kier alpha value is -1.91. The number of ether oxygens (including phenoxy) is 2. The first kappa shape index (κ1) is 9.64. The van der Waals surface area contributed by atoms with Crippen molar-refractivity contribution in [3.05, 3.63) is 18.2 Å². The molecule has 5 nitrogen and oxygen atoms in total. The van der Waals surface area contributed by atoms with Crippen LogP contribution in [0.2, 0.25) is 0 Å². The third-order valence-electron chi connectivity index (χ3n) is 2.01. The molecule has 80 valence electrons. The summed E-state index contributed by atoms with van der Waals surface area (Å²) in [4.78, 5) is 10.6. The van der Waals surface area contributed by atoms with Gasteiger partial charge in [0, 0.05) is 11.8 Å². The van der Waals surface area contributed by atoms with Crippen molar-refractivity contribution in [2.24, 2.45) is 5.73 Å². The van der Waals surface area contributed by atoms with Gasteiger partial charge in [-0.05, 0) is 12.1 Å². The standard InChI is InChI=1S/C10H12N2O3/c11-10(13)6-12-7-1-2-8-9(5-7)15-4-3-14-8/h1-2,5,12H,3-4,6H2,(H2,11,13). The molecule has 0 fully saturated rings. The number of nitrogens with two attached hydrogens (primary N) is 1. The second kappa shape index (κ2) is 4.08. The van der Waals surface area contributed by atoms with Gasteiger partial charge >= 0.3 is 0 Å². The highest BCUT2D eigenvalue weighted by molar-refractivity contribution is 5.79. The van der Waals surface area contributed by atoms with Crippen molar-refractivity contribution in [1.82, 2.24) is 0 Å². The third kappa shape index (κ3) is 2.31. The lowest BCUT2D eigenvalue weighted by molar-refractivity contribution is -0.116. The molecule has 3 N–H and O–H groups in total. The molecule has 0 bridgehead atoms. The van der Waals surface area contributed by atoms with Crippen LogP contribution in [0, 0.1) is 0 Å². The molecule has 1 heterocycles. The van der Waals surface area contributed by atoms with Gasteiger partial charge < -0.3 is 20.5 Å². The number of benzene rings is 1. The van der Waals surface area contributed by atoms with E-state index in [1.54, 1.807) is 12.1 Å². The molecule has 0 spiro atoms. The molecule has 1 amide bonds. The van der Waals surface area contributed by atoms with E-state index >= 15 is 0 Å². The van der Waals surface area contributed by atoms with Crippen LogP contribution in [-0.4, -0.2) is 25.7 Å². The predicted octanol–water partition coefficient (Wildman–Crippen LogP) is 0.355. The minimum Gasteiger partial charge on any atom is -0.486 e. The Balaban J connectivity index is 2.10. The summed E-state index contributed by atoms with van der Waals surface area (Å²) in [5.41, 5.74) is 5.81. The van der Waals surface area contributed by atoms with E-state index in [2.05, 4.69) is 5.32 Å². The van der Waals surface area contributed by atoms with E-state index in [1.165, 1.54) is 0 Å². The zero-order chi connectivity index (χ0) is 10.7. The Morgan fingerprint density at radius 1 is 1.33 bits per heavy atom. The summed E-state index contributed by atoms with van der Waals surface area (Å²) >= 11 is 0. The minimum absolute atomic E-state index is 0.111. The van der Waals surface area contributed by atoms with Crippen LogP contribution < -0.4 is 20.5 Å². The lowest BCUT2D eigenvalue weighted by atomic mass is 10.2. The Labute approximate surface area is 87.2 Å². The van der Waals surface area contributed by atoms with Gasteiger partial charge in [0.2, 0.25) is 5.91 Å². The van der Waals surface area contributed by atoms with E-state index in [0.29, 0.717) is 19.0 Å². The second-order valence-electron chi connectivity index (χ2n) is 3.18. The number of carbonyl (C=O) groups is 1. The first-order valence-corrected chi connectivity index (χ1v) is 4.67. The first-order valence-electron chi connectivity index (χ1n) is 4.67. The Bertz CT molecular complexity index is 379. The van der Waals surface area contributed by atoms with Crippen molar-refractivity contribution < 1.29 is 14.3 Å². The Morgan fingerprint density at radius 2 is 2.07 bits per heavy atom. The van der Waals surface area contributed by atoms with E-state index in [0.717, 1.165) is 11.4 Å². The fraction of sp³-hybridized carbons (Fsp3) is 0.300. The summed E-state index contributed by atoms with van der Waals surface area (Å²) in [6.07, 6.45) is 0. The maximum absolute atomic E-state index is 10.6. The molecule has 0 atom stereocenters. The highest BCUT2D eigenvalue weighted by Crippen LogP contribution is 2.32. The summed E-state index contributed by atoms with van der Waals surface area (Å²) in [6.45, 7) is 1.23.